The van der Waals surface area contributed by atoms with Gasteiger partial charge in [0.25, 0.3) is 0 Å². The van der Waals surface area contributed by atoms with E-state index < -0.39 is 0 Å². The van der Waals surface area contributed by atoms with Crippen LogP contribution >= 0.6 is 11.6 Å². The van der Waals surface area contributed by atoms with Crippen LogP contribution in [0.4, 0.5) is 5.69 Å². The number of anilines is 1. The maximum Gasteiger partial charge on any atom is 0.135 e. The first-order valence-corrected chi connectivity index (χ1v) is 7.03. The summed E-state index contributed by atoms with van der Waals surface area (Å²) in [7, 11) is 0. The summed E-state index contributed by atoms with van der Waals surface area (Å²) < 4.78 is 0. The molecule has 1 aliphatic heterocycles. The lowest BCUT2D eigenvalue weighted by molar-refractivity contribution is -0.123. The molecule has 0 bridgehead atoms. The van der Waals surface area contributed by atoms with E-state index in [4.69, 9.17) is 11.6 Å². The molecule has 1 fully saturated rings. The molecule has 1 aromatic carbocycles. The maximum atomic E-state index is 11.7. The van der Waals surface area contributed by atoms with Gasteiger partial charge >= 0.3 is 0 Å². The van der Waals surface area contributed by atoms with Gasteiger partial charge in [0.1, 0.15) is 5.78 Å². The van der Waals surface area contributed by atoms with E-state index in [0.717, 1.165) is 31.0 Å². The Morgan fingerprint density at radius 3 is 2.61 bits per heavy atom. The summed E-state index contributed by atoms with van der Waals surface area (Å²) in [6.07, 6.45) is 2.63. The zero-order valence-corrected chi connectivity index (χ0v) is 11.8. The Morgan fingerprint density at radius 2 is 2.06 bits per heavy atom. The van der Waals surface area contributed by atoms with Gasteiger partial charge in [0.2, 0.25) is 0 Å². The third kappa shape index (κ3) is 2.86. The number of rotatable bonds is 3. The van der Waals surface area contributed by atoms with Gasteiger partial charge in [-0.15, -0.1) is 0 Å². The fourth-order valence-electron chi connectivity index (χ4n) is 2.70. The first-order chi connectivity index (χ1) is 8.61. The molecular weight excluding hydrogens is 246 g/mol. The molecule has 98 valence electrons. The summed E-state index contributed by atoms with van der Waals surface area (Å²) >= 11 is 5.98. The fraction of sp³-hybridized carbons (Fsp3) is 0.533. The number of ketones is 1. The molecule has 1 aliphatic rings. The molecule has 0 saturated carbocycles. The second-order valence-electron chi connectivity index (χ2n) is 5.01. The Hall–Kier alpha value is -1.02. The number of piperidine rings is 1. The second-order valence-corrected chi connectivity index (χ2v) is 5.45. The summed E-state index contributed by atoms with van der Waals surface area (Å²) in [5.41, 5.74) is 2.46. The number of carbonyl (C=O) groups is 1. The number of Topliss-reactive ketones (excluding diaryl/α,β-unsaturated/α-hetero) is 1. The SMILES string of the molecule is CCC(=O)C1CCN(c2ccc(Cl)cc2C)CC1. The smallest absolute Gasteiger partial charge is 0.135 e. The van der Waals surface area contributed by atoms with E-state index in [9.17, 15) is 4.79 Å². The van der Waals surface area contributed by atoms with Crippen LogP contribution in [0.2, 0.25) is 5.02 Å². The predicted molar refractivity (Wildman–Crippen MR) is 76.4 cm³/mol. The van der Waals surface area contributed by atoms with Gasteiger partial charge in [0.05, 0.1) is 0 Å². The van der Waals surface area contributed by atoms with E-state index in [2.05, 4.69) is 17.9 Å². The molecule has 0 unspecified atom stereocenters. The molecule has 1 heterocycles. The zero-order valence-electron chi connectivity index (χ0n) is 11.1. The monoisotopic (exact) mass is 265 g/mol. The number of aryl methyl sites for hydroxylation is 1. The third-order valence-corrected chi connectivity index (χ3v) is 4.03. The molecule has 0 spiro atoms. The average Bonchev–Trinajstić information content (AvgIpc) is 2.38. The first-order valence-electron chi connectivity index (χ1n) is 6.65. The molecule has 0 aromatic heterocycles. The number of carbonyl (C=O) groups excluding carboxylic acids is 1. The van der Waals surface area contributed by atoms with Crippen LogP contribution in [0.25, 0.3) is 0 Å². The lowest BCUT2D eigenvalue weighted by Crippen LogP contribution is -2.36. The lowest BCUT2D eigenvalue weighted by atomic mass is 9.91. The number of benzene rings is 1. The van der Waals surface area contributed by atoms with Crippen molar-refractivity contribution in [2.45, 2.75) is 33.1 Å². The van der Waals surface area contributed by atoms with Crippen LogP contribution in [0.1, 0.15) is 31.7 Å². The fourth-order valence-corrected chi connectivity index (χ4v) is 2.93. The Balaban J connectivity index is 2.03. The van der Waals surface area contributed by atoms with Crippen LogP contribution in [0.15, 0.2) is 18.2 Å². The van der Waals surface area contributed by atoms with Gasteiger partial charge in [-0.3, -0.25) is 4.79 Å². The van der Waals surface area contributed by atoms with Crippen LogP contribution in [-0.2, 0) is 4.79 Å². The number of hydrogen-bond acceptors (Lipinski definition) is 2. The summed E-state index contributed by atoms with van der Waals surface area (Å²) in [4.78, 5) is 14.1. The Labute approximate surface area is 114 Å². The van der Waals surface area contributed by atoms with E-state index in [1.807, 2.05) is 19.1 Å². The van der Waals surface area contributed by atoms with E-state index in [1.54, 1.807) is 0 Å². The van der Waals surface area contributed by atoms with Gasteiger partial charge in [0, 0.05) is 36.1 Å². The molecule has 2 nitrogen and oxygen atoms in total. The van der Waals surface area contributed by atoms with Crippen molar-refractivity contribution < 1.29 is 4.79 Å². The van der Waals surface area contributed by atoms with Crippen molar-refractivity contribution in [2.24, 2.45) is 5.92 Å². The largest absolute Gasteiger partial charge is 0.371 e. The summed E-state index contributed by atoms with van der Waals surface area (Å²) in [6, 6.07) is 6.02. The van der Waals surface area contributed by atoms with Crippen molar-refractivity contribution >= 4 is 23.1 Å². The van der Waals surface area contributed by atoms with Crippen LogP contribution < -0.4 is 4.90 Å². The summed E-state index contributed by atoms with van der Waals surface area (Å²) in [6.45, 7) is 5.99. The van der Waals surface area contributed by atoms with Crippen molar-refractivity contribution in [2.75, 3.05) is 18.0 Å². The minimum Gasteiger partial charge on any atom is -0.371 e. The highest BCUT2D eigenvalue weighted by atomic mass is 35.5. The normalized spacial score (nSPS) is 16.9. The first kappa shape index (κ1) is 13.4. The highest BCUT2D eigenvalue weighted by Crippen LogP contribution is 2.28. The molecule has 18 heavy (non-hydrogen) atoms. The minimum absolute atomic E-state index is 0.277. The maximum absolute atomic E-state index is 11.7. The van der Waals surface area contributed by atoms with Crippen molar-refractivity contribution in [3.63, 3.8) is 0 Å². The lowest BCUT2D eigenvalue weighted by Gasteiger charge is -2.34. The van der Waals surface area contributed by atoms with E-state index in [1.165, 1.54) is 11.3 Å². The molecular formula is C15H20ClNO. The number of halogens is 1. The molecule has 1 saturated heterocycles. The van der Waals surface area contributed by atoms with E-state index in [0.29, 0.717) is 12.2 Å². The number of nitrogens with zero attached hydrogens (tertiary/aromatic N) is 1. The predicted octanol–water partition coefficient (Wildman–Crippen LogP) is 3.84. The molecule has 3 heteroatoms. The van der Waals surface area contributed by atoms with Crippen LogP contribution in [0.3, 0.4) is 0 Å². The standard InChI is InChI=1S/C15H20ClNO/c1-3-15(18)12-6-8-17(9-7-12)14-5-4-13(16)10-11(14)2/h4-5,10,12H,3,6-9H2,1-2H3. The average molecular weight is 266 g/mol. The molecule has 0 amide bonds. The van der Waals surface area contributed by atoms with Gasteiger partial charge < -0.3 is 4.90 Å². The highest BCUT2D eigenvalue weighted by molar-refractivity contribution is 6.30. The summed E-state index contributed by atoms with van der Waals surface area (Å²) in [5, 5.41) is 0.785. The van der Waals surface area contributed by atoms with Gasteiger partial charge in [-0.1, -0.05) is 18.5 Å². The Kier molecular flexibility index (Phi) is 4.28. The van der Waals surface area contributed by atoms with Crippen LogP contribution in [0.5, 0.6) is 0 Å². The van der Waals surface area contributed by atoms with Gasteiger partial charge in [-0.2, -0.15) is 0 Å². The van der Waals surface area contributed by atoms with Gasteiger partial charge in [-0.25, -0.2) is 0 Å². The highest BCUT2D eigenvalue weighted by Gasteiger charge is 2.24. The van der Waals surface area contributed by atoms with Gasteiger partial charge in [-0.05, 0) is 43.5 Å². The molecule has 2 rings (SSSR count). The topological polar surface area (TPSA) is 20.3 Å². The third-order valence-electron chi connectivity index (χ3n) is 3.80. The molecule has 0 N–H and O–H groups in total. The van der Waals surface area contributed by atoms with Crippen LogP contribution in [-0.4, -0.2) is 18.9 Å². The van der Waals surface area contributed by atoms with Crippen LogP contribution in [0, 0.1) is 12.8 Å². The molecule has 0 radical (unpaired) electrons. The zero-order chi connectivity index (χ0) is 13.1. The molecule has 0 atom stereocenters. The van der Waals surface area contributed by atoms with Gasteiger partial charge in [0.15, 0.2) is 0 Å². The molecule has 1 aromatic rings. The Morgan fingerprint density at radius 1 is 1.39 bits per heavy atom. The van der Waals surface area contributed by atoms with Crippen molar-refractivity contribution in [3.05, 3.63) is 28.8 Å². The summed E-state index contributed by atoms with van der Waals surface area (Å²) in [5.74, 6) is 0.696. The molecule has 0 aliphatic carbocycles. The second kappa shape index (κ2) is 5.75. The van der Waals surface area contributed by atoms with Crippen molar-refractivity contribution in [1.29, 1.82) is 0 Å². The van der Waals surface area contributed by atoms with Crippen molar-refractivity contribution in [3.8, 4) is 0 Å². The van der Waals surface area contributed by atoms with E-state index in [-0.39, 0.29) is 5.92 Å². The quantitative estimate of drug-likeness (QED) is 0.828. The number of hydrogen-bond donors (Lipinski definition) is 0. The Bertz CT molecular complexity index is 436. The minimum atomic E-state index is 0.277. The van der Waals surface area contributed by atoms with Crippen molar-refractivity contribution in [1.82, 2.24) is 0 Å². The van der Waals surface area contributed by atoms with E-state index >= 15 is 0 Å².